The van der Waals surface area contributed by atoms with Crippen LogP contribution < -0.4 is 11.1 Å². The number of rotatable bonds is 14. The van der Waals surface area contributed by atoms with Crippen molar-refractivity contribution in [3.8, 4) is 0 Å². The van der Waals surface area contributed by atoms with Crippen LogP contribution in [0.25, 0.3) is 0 Å². The maximum atomic E-state index is 12.2. The van der Waals surface area contributed by atoms with Gasteiger partial charge in [0.05, 0.1) is 18.8 Å². The summed E-state index contributed by atoms with van der Waals surface area (Å²) in [6.07, 6.45) is 10.4. The molecule has 148 valence electrons. The zero-order valence-electron chi connectivity index (χ0n) is 16.1. The van der Waals surface area contributed by atoms with Gasteiger partial charge < -0.3 is 21.3 Å². The van der Waals surface area contributed by atoms with E-state index in [1.54, 1.807) is 24.3 Å². The van der Waals surface area contributed by atoms with Crippen molar-refractivity contribution in [3.05, 3.63) is 29.8 Å². The molecule has 0 bridgehead atoms. The second-order valence-corrected chi connectivity index (χ2v) is 7.01. The van der Waals surface area contributed by atoms with Crippen LogP contribution in [-0.4, -0.2) is 28.8 Å². The number of nitrogens with two attached hydrogens (primary N) is 1. The van der Waals surface area contributed by atoms with E-state index in [0.29, 0.717) is 17.7 Å². The Morgan fingerprint density at radius 2 is 1.62 bits per heavy atom. The van der Waals surface area contributed by atoms with Crippen LogP contribution in [0.3, 0.4) is 0 Å². The maximum Gasteiger partial charge on any atom is 0.224 e. The van der Waals surface area contributed by atoms with Crippen LogP contribution in [0.5, 0.6) is 0 Å². The number of carbonyl (C=O) groups is 1. The quantitative estimate of drug-likeness (QED) is 0.377. The number of unbranched alkanes of at least 4 members (excludes halogenated alkanes) is 8. The van der Waals surface area contributed by atoms with Gasteiger partial charge >= 0.3 is 0 Å². The van der Waals surface area contributed by atoms with Crippen LogP contribution >= 0.6 is 0 Å². The van der Waals surface area contributed by atoms with E-state index in [-0.39, 0.29) is 12.5 Å². The first kappa shape index (κ1) is 22.6. The molecule has 0 fully saturated rings. The fourth-order valence-electron chi connectivity index (χ4n) is 3.01. The van der Waals surface area contributed by atoms with Gasteiger partial charge in [-0.1, -0.05) is 76.5 Å². The summed E-state index contributed by atoms with van der Waals surface area (Å²) in [5.74, 6) is -0.0508. The highest BCUT2D eigenvalue weighted by Gasteiger charge is 2.19. The third kappa shape index (κ3) is 8.79. The average Bonchev–Trinajstić information content (AvgIpc) is 2.66. The Labute approximate surface area is 158 Å². The van der Waals surface area contributed by atoms with Crippen molar-refractivity contribution < 1.29 is 15.0 Å². The summed E-state index contributed by atoms with van der Waals surface area (Å²) in [7, 11) is 0. The van der Waals surface area contributed by atoms with Crippen molar-refractivity contribution in [3.63, 3.8) is 0 Å². The van der Waals surface area contributed by atoms with E-state index in [4.69, 9.17) is 10.8 Å². The van der Waals surface area contributed by atoms with Gasteiger partial charge in [0, 0.05) is 17.7 Å². The van der Waals surface area contributed by atoms with Crippen molar-refractivity contribution in [1.29, 1.82) is 0 Å². The minimum atomic E-state index is -1.01. The summed E-state index contributed by atoms with van der Waals surface area (Å²) in [5.41, 5.74) is 6.80. The highest BCUT2D eigenvalue weighted by atomic mass is 16.3. The van der Waals surface area contributed by atoms with E-state index in [0.717, 1.165) is 12.8 Å². The topological polar surface area (TPSA) is 95.6 Å². The number of anilines is 1. The molecule has 1 aromatic rings. The molecule has 0 spiro atoms. The predicted octanol–water partition coefficient (Wildman–Crippen LogP) is 3.90. The Bertz CT molecular complexity index is 508. The molecule has 1 amide bonds. The van der Waals surface area contributed by atoms with Gasteiger partial charge in [0.2, 0.25) is 5.91 Å². The number of carbonyl (C=O) groups excluding carboxylic acids is 1. The molecule has 0 radical (unpaired) electrons. The summed E-state index contributed by atoms with van der Waals surface area (Å²) >= 11 is 0. The number of nitrogens with one attached hydrogen (secondary N) is 1. The lowest BCUT2D eigenvalue weighted by Crippen LogP contribution is -2.32. The number of benzene rings is 1. The molecule has 5 heteroatoms. The molecule has 0 aliphatic carbocycles. The number of hydrogen-bond donors (Lipinski definition) is 4. The first-order valence-corrected chi connectivity index (χ1v) is 10.0. The van der Waals surface area contributed by atoms with Crippen LogP contribution in [0.15, 0.2) is 24.3 Å². The van der Waals surface area contributed by atoms with E-state index in [9.17, 15) is 9.90 Å². The van der Waals surface area contributed by atoms with Crippen molar-refractivity contribution in [1.82, 2.24) is 0 Å². The molecule has 0 aliphatic heterocycles. The van der Waals surface area contributed by atoms with Gasteiger partial charge in [-0.2, -0.15) is 0 Å². The predicted molar refractivity (Wildman–Crippen MR) is 107 cm³/mol. The fraction of sp³-hybridized carbons (Fsp3) is 0.667. The number of para-hydroxylation sites is 1. The Morgan fingerprint density at radius 1 is 1.04 bits per heavy atom. The van der Waals surface area contributed by atoms with Gasteiger partial charge in [-0.3, -0.25) is 4.79 Å². The van der Waals surface area contributed by atoms with Crippen LogP contribution in [0.2, 0.25) is 0 Å². The highest BCUT2D eigenvalue weighted by molar-refractivity contribution is 5.91. The molecule has 0 heterocycles. The van der Waals surface area contributed by atoms with E-state index in [1.807, 2.05) is 0 Å². The first-order valence-electron chi connectivity index (χ1n) is 10.0. The first-order chi connectivity index (χ1) is 12.6. The molecule has 0 saturated carbocycles. The Hall–Kier alpha value is -1.43. The number of aliphatic hydroxyl groups is 2. The van der Waals surface area contributed by atoms with Gasteiger partial charge in [0.25, 0.3) is 0 Å². The Balaban J connectivity index is 2.29. The zero-order chi connectivity index (χ0) is 19.2. The Morgan fingerprint density at radius 3 is 2.23 bits per heavy atom. The van der Waals surface area contributed by atoms with Crippen molar-refractivity contribution in [2.24, 2.45) is 5.73 Å². The summed E-state index contributed by atoms with van der Waals surface area (Å²) in [5, 5.41) is 22.2. The Kier molecular flexibility index (Phi) is 11.9. The summed E-state index contributed by atoms with van der Waals surface area (Å²) in [6, 6.07) is 6.27. The molecule has 0 aliphatic rings. The van der Waals surface area contributed by atoms with Crippen molar-refractivity contribution in [2.45, 2.75) is 83.3 Å². The van der Waals surface area contributed by atoms with E-state index >= 15 is 0 Å². The SMILES string of the molecule is CCCCCCCCCCCC(=O)Nc1ccccc1C(O)[C@H](N)CO. The van der Waals surface area contributed by atoms with Crippen LogP contribution in [0, 0.1) is 0 Å². The summed E-state index contributed by atoms with van der Waals surface area (Å²) in [6.45, 7) is 1.91. The largest absolute Gasteiger partial charge is 0.395 e. The second kappa shape index (κ2) is 13.7. The van der Waals surface area contributed by atoms with Gasteiger partial charge in [-0.25, -0.2) is 0 Å². The fourth-order valence-corrected chi connectivity index (χ4v) is 3.01. The number of aliphatic hydroxyl groups excluding tert-OH is 2. The highest BCUT2D eigenvalue weighted by Crippen LogP contribution is 2.25. The molecule has 0 aromatic heterocycles. The molecule has 1 unspecified atom stereocenters. The molecule has 1 aromatic carbocycles. The molecule has 5 nitrogen and oxygen atoms in total. The van der Waals surface area contributed by atoms with Gasteiger partial charge in [0.15, 0.2) is 0 Å². The molecule has 5 N–H and O–H groups in total. The summed E-state index contributed by atoms with van der Waals surface area (Å²) < 4.78 is 0. The smallest absolute Gasteiger partial charge is 0.224 e. The monoisotopic (exact) mass is 364 g/mol. The van der Waals surface area contributed by atoms with E-state index in [2.05, 4.69) is 12.2 Å². The molecular formula is C21H36N2O3. The van der Waals surface area contributed by atoms with Crippen molar-refractivity contribution in [2.75, 3.05) is 11.9 Å². The van der Waals surface area contributed by atoms with Gasteiger partial charge in [0.1, 0.15) is 0 Å². The second-order valence-electron chi connectivity index (χ2n) is 7.01. The lowest BCUT2D eigenvalue weighted by molar-refractivity contribution is -0.116. The standard InChI is InChI=1S/C21H36N2O3/c1-2-3-4-5-6-7-8-9-10-15-20(25)23-19-14-12-11-13-17(19)21(26)18(22)16-24/h11-14,18,21,24,26H,2-10,15-16,22H2,1H3,(H,23,25)/t18-,21?/m1/s1. The van der Waals surface area contributed by atoms with Gasteiger partial charge in [-0.05, 0) is 12.5 Å². The molecule has 0 saturated heterocycles. The van der Waals surface area contributed by atoms with Crippen molar-refractivity contribution >= 4 is 11.6 Å². The van der Waals surface area contributed by atoms with E-state index in [1.165, 1.54) is 44.9 Å². The lowest BCUT2D eigenvalue weighted by atomic mass is 10.0. The van der Waals surface area contributed by atoms with Crippen LogP contribution in [0.1, 0.15) is 82.8 Å². The average molecular weight is 365 g/mol. The molecule has 1 rings (SSSR count). The summed E-state index contributed by atoms with van der Waals surface area (Å²) in [4.78, 5) is 12.2. The third-order valence-corrected chi connectivity index (χ3v) is 4.68. The normalized spacial score (nSPS) is 13.4. The van der Waals surface area contributed by atoms with Crippen LogP contribution in [0.4, 0.5) is 5.69 Å². The van der Waals surface area contributed by atoms with Crippen LogP contribution in [-0.2, 0) is 4.79 Å². The van der Waals surface area contributed by atoms with E-state index < -0.39 is 12.1 Å². The van der Waals surface area contributed by atoms with Gasteiger partial charge in [-0.15, -0.1) is 0 Å². The maximum absolute atomic E-state index is 12.2. The minimum Gasteiger partial charge on any atom is -0.395 e. The third-order valence-electron chi connectivity index (χ3n) is 4.68. The zero-order valence-corrected chi connectivity index (χ0v) is 16.1. The lowest BCUT2D eigenvalue weighted by Gasteiger charge is -2.20. The molecule has 26 heavy (non-hydrogen) atoms. The minimum absolute atomic E-state index is 0.0508. The molecular weight excluding hydrogens is 328 g/mol. The molecule has 2 atom stereocenters. The number of hydrogen-bond acceptors (Lipinski definition) is 4. The number of amides is 1.